The van der Waals surface area contributed by atoms with E-state index in [1.807, 2.05) is 12.1 Å². The molecule has 0 radical (unpaired) electrons. The summed E-state index contributed by atoms with van der Waals surface area (Å²) in [6, 6.07) is 6.10. The van der Waals surface area contributed by atoms with Crippen molar-refractivity contribution in [2.24, 2.45) is 5.41 Å². The molecule has 1 aromatic heterocycles. The summed E-state index contributed by atoms with van der Waals surface area (Å²) in [4.78, 5) is 4.49. The van der Waals surface area contributed by atoms with Crippen molar-refractivity contribution >= 4 is 11.1 Å². The molecule has 0 fully saturated rings. The van der Waals surface area contributed by atoms with E-state index in [4.69, 9.17) is 4.42 Å². The fourth-order valence-corrected chi connectivity index (χ4v) is 1.61. The highest BCUT2D eigenvalue weighted by Gasteiger charge is 2.15. The second-order valence-electron chi connectivity index (χ2n) is 5.32. The average Bonchev–Trinajstić information content (AvgIpc) is 2.42. The summed E-state index contributed by atoms with van der Waals surface area (Å²) in [5.74, 6) is 0.836. The number of hydrogen-bond donors (Lipinski definition) is 0. The Bertz CT molecular complexity index is 477. The third kappa shape index (κ3) is 2.38. The van der Waals surface area contributed by atoms with Gasteiger partial charge in [-0.3, -0.25) is 0 Å². The molecule has 0 saturated heterocycles. The molecule has 0 amide bonds. The van der Waals surface area contributed by atoms with Gasteiger partial charge in [0.2, 0.25) is 0 Å². The first-order chi connectivity index (χ1) is 6.94. The number of benzene rings is 1. The highest BCUT2D eigenvalue weighted by Crippen LogP contribution is 2.23. The van der Waals surface area contributed by atoms with Crippen LogP contribution in [0.4, 0.5) is 0 Å². The van der Waals surface area contributed by atoms with Crippen LogP contribution in [0.15, 0.2) is 22.6 Å². The number of aryl methyl sites for hydroxylation is 1. The minimum atomic E-state index is 0.218. The summed E-state index contributed by atoms with van der Waals surface area (Å²) in [6.45, 7) is 8.63. The second-order valence-corrected chi connectivity index (χ2v) is 5.32. The van der Waals surface area contributed by atoms with Crippen molar-refractivity contribution in [3.63, 3.8) is 0 Å². The van der Waals surface area contributed by atoms with Gasteiger partial charge in [0.25, 0.3) is 0 Å². The van der Waals surface area contributed by atoms with Crippen LogP contribution in [0.25, 0.3) is 11.1 Å². The van der Waals surface area contributed by atoms with Crippen molar-refractivity contribution in [3.05, 3.63) is 29.7 Å². The third-order valence-electron chi connectivity index (χ3n) is 2.27. The van der Waals surface area contributed by atoms with Gasteiger partial charge in [0, 0.05) is 6.42 Å². The molecule has 0 N–H and O–H groups in total. The molecule has 1 heterocycles. The van der Waals surface area contributed by atoms with Crippen LogP contribution >= 0.6 is 0 Å². The summed E-state index contributed by atoms with van der Waals surface area (Å²) in [5, 5.41) is 0. The van der Waals surface area contributed by atoms with E-state index >= 15 is 0 Å². The highest BCUT2D eigenvalue weighted by atomic mass is 16.3. The monoisotopic (exact) mass is 203 g/mol. The number of aromatic nitrogens is 1. The van der Waals surface area contributed by atoms with Gasteiger partial charge in [-0.05, 0) is 30.0 Å². The largest absolute Gasteiger partial charge is 0.441 e. The lowest BCUT2D eigenvalue weighted by Crippen LogP contribution is -2.09. The predicted octanol–water partition coefficient (Wildman–Crippen LogP) is 3.72. The van der Waals surface area contributed by atoms with Gasteiger partial charge in [0.05, 0.1) is 0 Å². The number of nitrogens with zero attached hydrogens (tertiary/aromatic N) is 1. The van der Waals surface area contributed by atoms with Gasteiger partial charge in [-0.1, -0.05) is 26.8 Å². The van der Waals surface area contributed by atoms with Crippen LogP contribution in [0.2, 0.25) is 0 Å². The molecule has 1 aromatic carbocycles. The second kappa shape index (κ2) is 3.37. The van der Waals surface area contributed by atoms with E-state index in [1.165, 1.54) is 5.56 Å². The van der Waals surface area contributed by atoms with Crippen LogP contribution in [-0.4, -0.2) is 4.98 Å². The summed E-state index contributed by atoms with van der Waals surface area (Å²) < 4.78 is 5.69. The first kappa shape index (κ1) is 10.2. The molecule has 0 aliphatic rings. The Morgan fingerprint density at radius 2 is 2.00 bits per heavy atom. The minimum absolute atomic E-state index is 0.218. The summed E-state index contributed by atoms with van der Waals surface area (Å²) in [6.07, 6.45) is 0.876. The van der Waals surface area contributed by atoms with Gasteiger partial charge >= 0.3 is 0 Å². The van der Waals surface area contributed by atoms with Gasteiger partial charge in [-0.2, -0.15) is 0 Å². The van der Waals surface area contributed by atoms with Crippen molar-refractivity contribution in [3.8, 4) is 0 Å². The number of hydrogen-bond acceptors (Lipinski definition) is 2. The van der Waals surface area contributed by atoms with E-state index in [-0.39, 0.29) is 5.41 Å². The summed E-state index contributed by atoms with van der Waals surface area (Å²) in [7, 11) is 0. The van der Waals surface area contributed by atoms with Gasteiger partial charge in [0.1, 0.15) is 5.52 Å². The fourth-order valence-electron chi connectivity index (χ4n) is 1.61. The molecule has 80 valence electrons. The molecule has 0 aliphatic carbocycles. The summed E-state index contributed by atoms with van der Waals surface area (Å²) in [5.41, 5.74) is 3.29. The minimum Gasteiger partial charge on any atom is -0.441 e. The number of fused-ring (bicyclic) bond motifs is 1. The van der Waals surface area contributed by atoms with Gasteiger partial charge in [0.15, 0.2) is 11.5 Å². The maximum absolute atomic E-state index is 5.69. The molecule has 0 bridgehead atoms. The average molecular weight is 203 g/mol. The zero-order valence-electron chi connectivity index (χ0n) is 9.79. The Labute approximate surface area is 90.3 Å². The lowest BCUT2D eigenvalue weighted by molar-refractivity contribution is 0.362. The van der Waals surface area contributed by atoms with E-state index in [0.29, 0.717) is 0 Å². The fraction of sp³-hybridized carbons (Fsp3) is 0.462. The molecule has 0 spiro atoms. The Balaban J connectivity index is 2.39. The van der Waals surface area contributed by atoms with Crippen molar-refractivity contribution in [1.29, 1.82) is 0 Å². The molecule has 2 nitrogen and oxygen atoms in total. The molecule has 2 heteroatoms. The standard InChI is InChI=1S/C13H17NO/c1-9-5-6-11-10(7-9)14-12(15-11)8-13(2,3)4/h5-7H,8H2,1-4H3. The lowest BCUT2D eigenvalue weighted by atomic mass is 9.92. The van der Waals surface area contributed by atoms with Crippen molar-refractivity contribution in [2.75, 3.05) is 0 Å². The van der Waals surface area contributed by atoms with Crippen LogP contribution in [0, 0.1) is 12.3 Å². The van der Waals surface area contributed by atoms with Gasteiger partial charge in [-0.15, -0.1) is 0 Å². The van der Waals surface area contributed by atoms with Crippen LogP contribution in [0.5, 0.6) is 0 Å². The first-order valence-corrected chi connectivity index (χ1v) is 5.30. The number of oxazole rings is 1. The molecular formula is C13H17NO. The normalized spacial score (nSPS) is 12.3. The molecule has 2 rings (SSSR count). The van der Waals surface area contributed by atoms with Crippen molar-refractivity contribution in [2.45, 2.75) is 34.1 Å². The SMILES string of the molecule is Cc1ccc2oc(CC(C)(C)C)nc2c1. The van der Waals surface area contributed by atoms with Gasteiger partial charge < -0.3 is 4.42 Å². The van der Waals surface area contributed by atoms with Crippen LogP contribution < -0.4 is 0 Å². The summed E-state index contributed by atoms with van der Waals surface area (Å²) >= 11 is 0. The van der Waals surface area contributed by atoms with Crippen LogP contribution in [0.1, 0.15) is 32.2 Å². The Hall–Kier alpha value is -1.31. The Morgan fingerprint density at radius 3 is 2.67 bits per heavy atom. The maximum Gasteiger partial charge on any atom is 0.195 e. The Morgan fingerprint density at radius 1 is 1.27 bits per heavy atom. The molecule has 0 saturated carbocycles. The zero-order valence-corrected chi connectivity index (χ0v) is 9.79. The quantitative estimate of drug-likeness (QED) is 0.706. The van der Waals surface area contributed by atoms with E-state index in [0.717, 1.165) is 23.4 Å². The lowest BCUT2D eigenvalue weighted by Gasteiger charge is -2.14. The molecular weight excluding hydrogens is 186 g/mol. The third-order valence-corrected chi connectivity index (χ3v) is 2.27. The predicted molar refractivity (Wildman–Crippen MR) is 61.9 cm³/mol. The molecule has 15 heavy (non-hydrogen) atoms. The molecule has 0 atom stereocenters. The number of rotatable bonds is 1. The van der Waals surface area contributed by atoms with E-state index in [9.17, 15) is 0 Å². The van der Waals surface area contributed by atoms with Crippen LogP contribution in [0.3, 0.4) is 0 Å². The van der Waals surface area contributed by atoms with E-state index in [2.05, 4.69) is 38.7 Å². The maximum atomic E-state index is 5.69. The topological polar surface area (TPSA) is 26.0 Å². The molecule has 0 unspecified atom stereocenters. The van der Waals surface area contributed by atoms with Crippen molar-refractivity contribution < 1.29 is 4.42 Å². The zero-order chi connectivity index (χ0) is 11.1. The highest BCUT2D eigenvalue weighted by molar-refractivity contribution is 5.73. The first-order valence-electron chi connectivity index (χ1n) is 5.30. The van der Waals surface area contributed by atoms with Gasteiger partial charge in [-0.25, -0.2) is 4.98 Å². The smallest absolute Gasteiger partial charge is 0.195 e. The van der Waals surface area contributed by atoms with E-state index < -0.39 is 0 Å². The molecule has 2 aromatic rings. The van der Waals surface area contributed by atoms with Crippen LogP contribution in [-0.2, 0) is 6.42 Å². The Kier molecular flexibility index (Phi) is 2.29. The van der Waals surface area contributed by atoms with E-state index in [1.54, 1.807) is 0 Å². The molecule has 0 aliphatic heterocycles. The van der Waals surface area contributed by atoms with Crippen molar-refractivity contribution in [1.82, 2.24) is 4.98 Å².